The molecule has 0 bridgehead atoms. The van der Waals surface area contributed by atoms with E-state index < -0.39 is 13.1 Å². The molecule has 2 heterocycles. The van der Waals surface area contributed by atoms with Gasteiger partial charge in [0.2, 0.25) is 5.91 Å². The van der Waals surface area contributed by atoms with E-state index in [9.17, 15) is 19.7 Å². The van der Waals surface area contributed by atoms with Gasteiger partial charge in [-0.25, -0.2) is 4.79 Å². The van der Waals surface area contributed by atoms with E-state index in [1.165, 1.54) is 0 Å². The first kappa shape index (κ1) is 19.5. The Kier molecular flexibility index (Phi) is 5.88. The molecule has 0 radical (unpaired) electrons. The molecule has 3 rings (SSSR count). The molecule has 1 fully saturated rings. The van der Waals surface area contributed by atoms with E-state index in [0.29, 0.717) is 45.2 Å². The number of carbonyl (C=O) groups is 2. The number of likely N-dealkylation sites (tertiary alicyclic amines) is 1. The first-order chi connectivity index (χ1) is 12.9. The molecule has 1 atom stereocenters. The number of carbonyl (C=O) groups excluding carboxylic acids is 1. The van der Waals surface area contributed by atoms with Gasteiger partial charge in [-0.2, -0.15) is 0 Å². The molecule has 2 aliphatic rings. The molecule has 1 amide bonds. The topological polar surface area (TPSA) is 148 Å². The summed E-state index contributed by atoms with van der Waals surface area (Å²) in [5.74, 6) is -0.868. The van der Waals surface area contributed by atoms with Gasteiger partial charge in [0.1, 0.15) is 23.2 Å². The standard InChI is InChI=1S/C17H24BN3O6/c19-7-11(20)2-4-14(22)21-8-12(9-21)26-13-3-1-10-5-6-18(25)27-16(10)15(13)17(23)24/h1,3,11-12,25H,2,4-9,19-20H2,(H,23,24). The lowest BCUT2D eigenvalue weighted by Crippen LogP contribution is -2.56. The highest BCUT2D eigenvalue weighted by molar-refractivity contribution is 6.44. The Hall–Kier alpha value is -2.30. The number of nitrogens with two attached hydrogens (primary N) is 2. The minimum atomic E-state index is -1.18. The second-order valence-electron chi connectivity index (χ2n) is 6.92. The van der Waals surface area contributed by atoms with Crippen molar-refractivity contribution in [2.45, 2.75) is 37.7 Å². The third-order valence-corrected chi connectivity index (χ3v) is 4.86. The maximum absolute atomic E-state index is 12.1. The molecule has 0 aromatic heterocycles. The van der Waals surface area contributed by atoms with E-state index in [2.05, 4.69) is 0 Å². The maximum atomic E-state index is 12.1. The zero-order valence-corrected chi connectivity index (χ0v) is 15.0. The van der Waals surface area contributed by atoms with Gasteiger partial charge in [-0.1, -0.05) is 6.07 Å². The number of carboxylic acid groups (broad SMARTS) is 1. The summed E-state index contributed by atoms with van der Waals surface area (Å²) in [5, 5.41) is 19.2. The smallest absolute Gasteiger partial charge is 0.522 e. The van der Waals surface area contributed by atoms with Crippen molar-refractivity contribution in [3.05, 3.63) is 23.3 Å². The van der Waals surface area contributed by atoms with E-state index >= 15 is 0 Å². The van der Waals surface area contributed by atoms with Gasteiger partial charge in [-0.3, -0.25) is 4.79 Å². The summed E-state index contributed by atoms with van der Waals surface area (Å²) >= 11 is 0. The van der Waals surface area contributed by atoms with Crippen LogP contribution in [0.25, 0.3) is 0 Å². The molecule has 1 aromatic carbocycles. The van der Waals surface area contributed by atoms with Crippen molar-refractivity contribution in [1.29, 1.82) is 0 Å². The third kappa shape index (κ3) is 4.34. The molecule has 1 saturated heterocycles. The molecular weight excluding hydrogens is 353 g/mol. The zero-order chi connectivity index (χ0) is 19.6. The third-order valence-electron chi connectivity index (χ3n) is 4.86. The van der Waals surface area contributed by atoms with Crippen LogP contribution < -0.4 is 20.9 Å². The molecule has 0 aliphatic carbocycles. The number of benzene rings is 1. The fourth-order valence-corrected chi connectivity index (χ4v) is 3.19. The van der Waals surface area contributed by atoms with Crippen molar-refractivity contribution >= 4 is 19.0 Å². The van der Waals surface area contributed by atoms with Crippen molar-refractivity contribution in [3.8, 4) is 11.5 Å². The lowest BCUT2D eigenvalue weighted by atomic mass is 9.78. The van der Waals surface area contributed by atoms with Crippen LogP contribution in [0.3, 0.4) is 0 Å². The summed E-state index contributed by atoms with van der Waals surface area (Å²) < 4.78 is 11.1. The monoisotopic (exact) mass is 377 g/mol. The quantitative estimate of drug-likeness (QED) is 0.463. The molecule has 27 heavy (non-hydrogen) atoms. The number of amides is 1. The number of hydrogen-bond donors (Lipinski definition) is 4. The van der Waals surface area contributed by atoms with Gasteiger partial charge in [-0.15, -0.1) is 0 Å². The molecule has 1 unspecified atom stereocenters. The van der Waals surface area contributed by atoms with E-state index in [-0.39, 0.29) is 35.1 Å². The van der Waals surface area contributed by atoms with Crippen LogP contribution in [-0.2, 0) is 11.2 Å². The number of hydrogen-bond acceptors (Lipinski definition) is 7. The van der Waals surface area contributed by atoms with Crippen LogP contribution in [-0.4, -0.2) is 65.8 Å². The van der Waals surface area contributed by atoms with E-state index in [1.807, 2.05) is 0 Å². The molecule has 0 spiro atoms. The Morgan fingerprint density at radius 3 is 2.81 bits per heavy atom. The highest BCUT2D eigenvalue weighted by atomic mass is 16.5. The maximum Gasteiger partial charge on any atom is 0.522 e. The van der Waals surface area contributed by atoms with Gasteiger partial charge in [0, 0.05) is 19.0 Å². The van der Waals surface area contributed by atoms with Crippen molar-refractivity contribution in [1.82, 2.24) is 4.90 Å². The van der Waals surface area contributed by atoms with Gasteiger partial charge in [-0.05, 0) is 30.8 Å². The Labute approximate surface area is 157 Å². The molecule has 2 aliphatic heterocycles. The number of carboxylic acids is 1. The number of aryl methyl sites for hydroxylation is 1. The van der Waals surface area contributed by atoms with E-state index in [0.717, 1.165) is 5.56 Å². The zero-order valence-electron chi connectivity index (χ0n) is 15.0. The molecule has 10 heteroatoms. The number of aromatic carboxylic acids is 1. The fraction of sp³-hybridized carbons (Fsp3) is 0.529. The fourth-order valence-electron chi connectivity index (χ4n) is 3.19. The minimum Gasteiger partial charge on any atom is -0.535 e. The highest BCUT2D eigenvalue weighted by Crippen LogP contribution is 2.37. The SMILES string of the molecule is NCC(N)CCC(=O)N1CC(Oc2ccc3c(c2C(=O)O)OB(O)CC3)C1. The first-order valence-electron chi connectivity index (χ1n) is 9.03. The summed E-state index contributed by atoms with van der Waals surface area (Å²) in [6.07, 6.45) is 1.52. The predicted molar refractivity (Wildman–Crippen MR) is 97.8 cm³/mol. The largest absolute Gasteiger partial charge is 0.535 e. The Morgan fingerprint density at radius 2 is 2.15 bits per heavy atom. The Bertz CT molecular complexity index is 725. The van der Waals surface area contributed by atoms with Crippen molar-refractivity contribution in [2.24, 2.45) is 11.5 Å². The van der Waals surface area contributed by atoms with Crippen LogP contribution in [0, 0.1) is 0 Å². The van der Waals surface area contributed by atoms with Crippen molar-refractivity contribution in [3.63, 3.8) is 0 Å². The molecular formula is C17H24BN3O6. The van der Waals surface area contributed by atoms with E-state index in [4.69, 9.17) is 20.9 Å². The molecule has 9 nitrogen and oxygen atoms in total. The number of rotatable bonds is 7. The summed E-state index contributed by atoms with van der Waals surface area (Å²) in [7, 11) is -1.03. The molecule has 146 valence electrons. The second-order valence-corrected chi connectivity index (χ2v) is 6.92. The van der Waals surface area contributed by atoms with Gasteiger partial charge < -0.3 is 35.9 Å². The van der Waals surface area contributed by atoms with Gasteiger partial charge in [0.15, 0.2) is 0 Å². The summed E-state index contributed by atoms with van der Waals surface area (Å²) in [5.41, 5.74) is 11.8. The number of nitrogens with zero attached hydrogens (tertiary/aromatic N) is 1. The molecule has 0 saturated carbocycles. The minimum absolute atomic E-state index is 0.0193. The summed E-state index contributed by atoms with van der Waals surface area (Å²) in [6.45, 7) is 1.11. The van der Waals surface area contributed by atoms with Crippen LogP contribution in [0.5, 0.6) is 11.5 Å². The number of fused-ring (bicyclic) bond motifs is 1. The van der Waals surface area contributed by atoms with Gasteiger partial charge in [0.05, 0.1) is 13.1 Å². The average Bonchev–Trinajstić information content (AvgIpc) is 2.61. The Morgan fingerprint density at radius 1 is 1.41 bits per heavy atom. The first-order valence-corrected chi connectivity index (χ1v) is 9.03. The van der Waals surface area contributed by atoms with Crippen LogP contribution in [0.2, 0.25) is 6.32 Å². The van der Waals surface area contributed by atoms with Crippen molar-refractivity contribution in [2.75, 3.05) is 19.6 Å². The van der Waals surface area contributed by atoms with Gasteiger partial charge in [0.25, 0.3) is 0 Å². The lowest BCUT2D eigenvalue weighted by molar-refractivity contribution is -0.140. The Balaban J connectivity index is 1.62. The second kappa shape index (κ2) is 8.16. The molecule has 1 aromatic rings. The van der Waals surface area contributed by atoms with E-state index in [1.54, 1.807) is 17.0 Å². The van der Waals surface area contributed by atoms with Crippen LogP contribution in [0.4, 0.5) is 0 Å². The predicted octanol–water partition coefficient (Wildman–Crippen LogP) is -0.544. The van der Waals surface area contributed by atoms with Crippen LogP contribution in [0.15, 0.2) is 12.1 Å². The lowest BCUT2D eigenvalue weighted by Gasteiger charge is -2.39. The average molecular weight is 377 g/mol. The van der Waals surface area contributed by atoms with Crippen LogP contribution >= 0.6 is 0 Å². The van der Waals surface area contributed by atoms with Crippen molar-refractivity contribution < 1.29 is 29.1 Å². The highest BCUT2D eigenvalue weighted by Gasteiger charge is 2.35. The molecule has 6 N–H and O–H groups in total. The van der Waals surface area contributed by atoms with Gasteiger partial charge >= 0.3 is 13.1 Å². The van der Waals surface area contributed by atoms with Crippen LogP contribution in [0.1, 0.15) is 28.8 Å². The summed E-state index contributed by atoms with van der Waals surface area (Å²) in [6, 6.07) is 3.17. The number of ether oxygens (including phenoxy) is 1. The normalized spacial score (nSPS) is 17.6. The summed E-state index contributed by atoms with van der Waals surface area (Å²) in [4.78, 5) is 25.4.